The number of rotatable bonds is 11. The van der Waals surface area contributed by atoms with Crippen molar-refractivity contribution < 1.29 is 19.0 Å². The number of amides is 1. The zero-order chi connectivity index (χ0) is 26.0. The van der Waals surface area contributed by atoms with Gasteiger partial charge < -0.3 is 14.2 Å². The van der Waals surface area contributed by atoms with Crippen molar-refractivity contribution in [2.45, 2.75) is 12.1 Å². The average molecular weight is 519 g/mol. The minimum Gasteiger partial charge on any atom is -0.497 e. The Balaban J connectivity index is 1.49. The Kier molecular flexibility index (Phi) is 8.71. The third-order valence-corrected chi connectivity index (χ3v) is 6.05. The number of ether oxygens (including phenoxy) is 3. The van der Waals surface area contributed by atoms with Crippen molar-refractivity contribution in [1.29, 1.82) is 0 Å². The van der Waals surface area contributed by atoms with Crippen LogP contribution in [0.1, 0.15) is 12.5 Å². The number of carbonyl (C=O) groups excluding carboxylic acids is 1. The summed E-state index contributed by atoms with van der Waals surface area (Å²) in [4.78, 5) is 16.7. The molecule has 1 amide bonds. The first-order valence-corrected chi connectivity index (χ1v) is 12.4. The largest absolute Gasteiger partial charge is 0.497 e. The highest BCUT2D eigenvalue weighted by atomic mass is 32.2. The molecule has 0 aliphatic rings. The molecule has 0 atom stereocenters. The van der Waals surface area contributed by atoms with Crippen LogP contribution in [0.4, 0.5) is 0 Å². The maximum absolute atomic E-state index is 12.5. The van der Waals surface area contributed by atoms with Gasteiger partial charge in [-0.3, -0.25) is 14.3 Å². The molecular weight excluding hydrogens is 492 g/mol. The van der Waals surface area contributed by atoms with Crippen LogP contribution in [0, 0.1) is 0 Å². The van der Waals surface area contributed by atoms with Crippen LogP contribution in [0.15, 0.2) is 77.2 Å². The van der Waals surface area contributed by atoms with Gasteiger partial charge in [-0.2, -0.15) is 5.10 Å². The lowest BCUT2D eigenvalue weighted by molar-refractivity contribution is -0.118. The molecule has 0 radical (unpaired) electrons. The summed E-state index contributed by atoms with van der Waals surface area (Å²) < 4.78 is 18.0. The highest BCUT2D eigenvalue weighted by molar-refractivity contribution is 7.99. The molecule has 190 valence electrons. The van der Waals surface area contributed by atoms with Crippen molar-refractivity contribution in [3.8, 4) is 34.3 Å². The second-order valence-electron chi connectivity index (χ2n) is 7.50. The summed E-state index contributed by atoms with van der Waals surface area (Å²) in [6.45, 7) is 2.52. The van der Waals surface area contributed by atoms with Crippen molar-refractivity contribution >= 4 is 23.9 Å². The lowest BCUT2D eigenvalue weighted by Crippen LogP contribution is -2.20. The van der Waals surface area contributed by atoms with Crippen molar-refractivity contribution in [2.24, 2.45) is 5.10 Å². The van der Waals surface area contributed by atoms with E-state index in [1.807, 2.05) is 47.9 Å². The topological polar surface area (TPSA) is 113 Å². The molecule has 0 aliphatic carbocycles. The summed E-state index contributed by atoms with van der Waals surface area (Å²) >= 11 is 1.25. The Labute approximate surface area is 218 Å². The van der Waals surface area contributed by atoms with Gasteiger partial charge in [0, 0.05) is 35.3 Å². The number of methoxy groups -OCH3 is 2. The number of thioether (sulfide) groups is 1. The molecule has 1 N–H and O–H groups in total. The highest BCUT2D eigenvalue weighted by Crippen LogP contribution is 2.28. The van der Waals surface area contributed by atoms with Crippen LogP contribution in [0.3, 0.4) is 0 Å². The minimum absolute atomic E-state index is 0.0826. The van der Waals surface area contributed by atoms with E-state index < -0.39 is 0 Å². The normalized spacial score (nSPS) is 10.9. The number of nitrogens with zero attached hydrogens (tertiary/aromatic N) is 5. The molecule has 0 bridgehead atoms. The Morgan fingerprint density at radius 3 is 2.59 bits per heavy atom. The quantitative estimate of drug-likeness (QED) is 0.180. The van der Waals surface area contributed by atoms with Crippen LogP contribution in [-0.4, -0.2) is 58.4 Å². The molecular formula is C26H26N6O4S. The average Bonchev–Trinajstić information content (AvgIpc) is 3.37. The predicted molar refractivity (Wildman–Crippen MR) is 142 cm³/mol. The van der Waals surface area contributed by atoms with E-state index in [0.717, 1.165) is 17.0 Å². The molecule has 0 aliphatic heterocycles. The van der Waals surface area contributed by atoms with Gasteiger partial charge in [0.25, 0.3) is 5.91 Å². The van der Waals surface area contributed by atoms with Crippen LogP contribution in [0.25, 0.3) is 17.1 Å². The van der Waals surface area contributed by atoms with E-state index in [4.69, 9.17) is 14.2 Å². The Hall–Kier alpha value is -4.38. The van der Waals surface area contributed by atoms with Crippen molar-refractivity contribution in [3.63, 3.8) is 0 Å². The lowest BCUT2D eigenvalue weighted by Gasteiger charge is -2.11. The molecule has 0 spiro atoms. The monoisotopic (exact) mass is 518 g/mol. The number of hydrogen-bond acceptors (Lipinski definition) is 9. The van der Waals surface area contributed by atoms with Gasteiger partial charge in [-0.15, -0.1) is 10.2 Å². The van der Waals surface area contributed by atoms with Crippen molar-refractivity contribution in [3.05, 3.63) is 72.6 Å². The van der Waals surface area contributed by atoms with Crippen molar-refractivity contribution in [1.82, 2.24) is 25.2 Å². The van der Waals surface area contributed by atoms with Crippen molar-refractivity contribution in [2.75, 3.05) is 26.6 Å². The molecule has 10 nitrogen and oxygen atoms in total. The Morgan fingerprint density at radius 2 is 1.89 bits per heavy atom. The van der Waals surface area contributed by atoms with Crippen LogP contribution >= 0.6 is 11.8 Å². The number of benzene rings is 2. The number of pyridine rings is 1. The van der Waals surface area contributed by atoms with Gasteiger partial charge >= 0.3 is 0 Å². The number of carbonyl (C=O) groups is 1. The molecule has 2 heterocycles. The number of nitrogens with one attached hydrogen (secondary N) is 1. The smallest absolute Gasteiger partial charge is 0.250 e. The van der Waals surface area contributed by atoms with Gasteiger partial charge in [0.05, 0.1) is 32.8 Å². The second kappa shape index (κ2) is 12.5. The van der Waals surface area contributed by atoms with E-state index in [2.05, 4.69) is 25.7 Å². The number of aromatic nitrogens is 4. The summed E-state index contributed by atoms with van der Waals surface area (Å²) in [5, 5.41) is 13.3. The van der Waals surface area contributed by atoms with E-state index in [1.54, 1.807) is 44.8 Å². The first-order valence-electron chi connectivity index (χ1n) is 11.4. The Morgan fingerprint density at radius 1 is 1.08 bits per heavy atom. The molecule has 4 rings (SSSR count). The van der Waals surface area contributed by atoms with E-state index in [1.165, 1.54) is 18.0 Å². The first-order chi connectivity index (χ1) is 18.1. The second-order valence-corrected chi connectivity index (χ2v) is 8.44. The van der Waals surface area contributed by atoms with Gasteiger partial charge in [-0.1, -0.05) is 11.8 Å². The maximum atomic E-state index is 12.5. The highest BCUT2D eigenvalue weighted by Gasteiger charge is 2.17. The zero-order valence-corrected chi connectivity index (χ0v) is 21.4. The maximum Gasteiger partial charge on any atom is 0.250 e. The molecule has 11 heteroatoms. The molecule has 2 aromatic heterocycles. The van der Waals surface area contributed by atoms with E-state index in [9.17, 15) is 4.79 Å². The minimum atomic E-state index is -0.294. The van der Waals surface area contributed by atoms with Gasteiger partial charge in [0.15, 0.2) is 11.0 Å². The summed E-state index contributed by atoms with van der Waals surface area (Å²) in [7, 11) is 3.14. The van der Waals surface area contributed by atoms with E-state index in [0.29, 0.717) is 34.7 Å². The fourth-order valence-corrected chi connectivity index (χ4v) is 4.14. The molecule has 0 saturated carbocycles. The number of hydrazone groups is 1. The lowest BCUT2D eigenvalue weighted by atomic mass is 10.2. The third kappa shape index (κ3) is 6.44. The van der Waals surface area contributed by atoms with Gasteiger partial charge in [0.1, 0.15) is 17.2 Å². The van der Waals surface area contributed by atoms with E-state index in [-0.39, 0.29) is 11.7 Å². The summed E-state index contributed by atoms with van der Waals surface area (Å²) in [5.41, 5.74) is 4.88. The Bertz CT molecular complexity index is 1360. The SMILES string of the molecule is CCOc1ccc(-n2c(SCC(=O)N/N=C/c3ccc(OC)cc3OC)nnc2-c2cccnc2)cc1. The fraction of sp³-hybridized carbons (Fsp3) is 0.192. The standard InChI is InChI=1S/C26H26N6O4S/c1-4-36-21-11-8-20(9-12-21)32-25(19-6-5-13-27-15-19)30-31-26(32)37-17-24(33)29-28-16-18-7-10-22(34-2)14-23(18)35-3/h5-16H,4,17H2,1-3H3,(H,29,33)/b28-16+. The molecule has 2 aromatic carbocycles. The fourth-order valence-electron chi connectivity index (χ4n) is 3.40. The zero-order valence-electron chi connectivity index (χ0n) is 20.6. The summed E-state index contributed by atoms with van der Waals surface area (Å²) in [6.07, 6.45) is 4.94. The first kappa shape index (κ1) is 25.7. The molecule has 0 saturated heterocycles. The van der Waals surface area contributed by atoms with Crippen LogP contribution in [-0.2, 0) is 4.79 Å². The molecule has 37 heavy (non-hydrogen) atoms. The summed E-state index contributed by atoms with van der Waals surface area (Å²) in [5.74, 6) is 2.42. The van der Waals surface area contributed by atoms with Crippen LogP contribution in [0.2, 0.25) is 0 Å². The van der Waals surface area contributed by atoms with Crippen LogP contribution < -0.4 is 19.6 Å². The molecule has 4 aromatic rings. The van der Waals surface area contributed by atoms with Crippen LogP contribution in [0.5, 0.6) is 17.2 Å². The summed E-state index contributed by atoms with van der Waals surface area (Å²) in [6, 6.07) is 16.7. The third-order valence-electron chi connectivity index (χ3n) is 5.12. The molecule has 0 unspecified atom stereocenters. The molecule has 0 fully saturated rings. The van der Waals surface area contributed by atoms with Gasteiger partial charge in [-0.25, -0.2) is 5.43 Å². The van der Waals surface area contributed by atoms with Gasteiger partial charge in [-0.05, 0) is 55.5 Å². The van der Waals surface area contributed by atoms with E-state index >= 15 is 0 Å². The van der Waals surface area contributed by atoms with Gasteiger partial charge in [0.2, 0.25) is 0 Å². The predicted octanol–water partition coefficient (Wildman–Crippen LogP) is 3.99. The number of hydrogen-bond donors (Lipinski definition) is 1.